The van der Waals surface area contributed by atoms with Gasteiger partial charge in [0.2, 0.25) is 0 Å². The molecule has 8 rings (SSSR count). The van der Waals surface area contributed by atoms with Crippen molar-refractivity contribution in [2.24, 2.45) is 27.7 Å². The van der Waals surface area contributed by atoms with E-state index in [0.29, 0.717) is 5.90 Å². The summed E-state index contributed by atoms with van der Waals surface area (Å²) in [5, 5.41) is 12.3. The van der Waals surface area contributed by atoms with Gasteiger partial charge in [0.05, 0.1) is 17.1 Å². The number of fused-ring (bicyclic) bond motifs is 4. The van der Waals surface area contributed by atoms with E-state index < -0.39 is 6.10 Å². The van der Waals surface area contributed by atoms with Crippen LogP contribution in [0.3, 0.4) is 0 Å². The fourth-order valence-corrected chi connectivity index (χ4v) is 8.50. The summed E-state index contributed by atoms with van der Waals surface area (Å²) in [6, 6.07) is 33.7. The largest absolute Gasteiger partial charge is 0.505 e. The van der Waals surface area contributed by atoms with E-state index >= 15 is 0 Å². The molecule has 2 heterocycles. The minimum Gasteiger partial charge on any atom is -0.505 e. The number of rotatable bonds is 4. The van der Waals surface area contributed by atoms with Crippen LogP contribution in [0, 0.1) is 28.7 Å². The van der Waals surface area contributed by atoms with Gasteiger partial charge in [-0.1, -0.05) is 128 Å². The second kappa shape index (κ2) is 13.5. The van der Waals surface area contributed by atoms with Gasteiger partial charge in [0.15, 0.2) is 0 Å². The normalized spacial score (nSPS) is 22.8. The maximum Gasteiger partial charge on any atom is 0.148 e. The molecule has 3 aliphatic rings. The number of nitrogens with zero attached hydrogens (tertiary/aromatic N) is 3. The minimum atomic E-state index is -0.650. The first-order valence-electron chi connectivity index (χ1n) is 19.0. The van der Waals surface area contributed by atoms with Crippen molar-refractivity contribution in [1.29, 1.82) is 0 Å². The Labute approximate surface area is 329 Å². The summed E-state index contributed by atoms with van der Waals surface area (Å²) in [5.74, 6) is 1.82. The second-order valence-corrected chi connectivity index (χ2v) is 18.4. The summed E-state index contributed by atoms with van der Waals surface area (Å²) < 4.78 is 8.74. The Bertz CT molecular complexity index is 2230. The van der Waals surface area contributed by atoms with E-state index in [-0.39, 0.29) is 61.3 Å². The zero-order valence-corrected chi connectivity index (χ0v) is 34.7. The van der Waals surface area contributed by atoms with Gasteiger partial charge < -0.3 is 9.84 Å². The summed E-state index contributed by atoms with van der Waals surface area (Å²) in [7, 11) is 0. The van der Waals surface area contributed by atoms with Crippen molar-refractivity contribution in [2.45, 2.75) is 98.8 Å². The Kier molecular flexibility index (Phi) is 9.56. The number of hydrogen-bond acceptors (Lipinski definition) is 4. The molecule has 0 saturated carbocycles. The van der Waals surface area contributed by atoms with E-state index in [1.807, 2.05) is 6.07 Å². The topological polar surface area (TPSA) is 59.6 Å². The van der Waals surface area contributed by atoms with Crippen LogP contribution in [0.2, 0.25) is 0 Å². The first kappa shape index (κ1) is 37.5. The molecule has 53 heavy (non-hydrogen) atoms. The van der Waals surface area contributed by atoms with Crippen LogP contribution in [0.5, 0.6) is 0 Å². The third-order valence-electron chi connectivity index (χ3n) is 11.7. The van der Waals surface area contributed by atoms with Crippen LogP contribution in [0.4, 0.5) is 0 Å². The standard InChI is InChI=1S/C47H52N3O2.Pt/c1-45(2,3)31-20-22-33(23-21-31)50-38-19-13-18-34(40(38)48-43(50)36-26-32(46(4,5)6)27-37(42(36)51)47(7,8)9)28-15-12-16-30(24-28)44-49-41-35-17-11-10-14-29(35)25-39(41)52-44;/h10-23,26,32,37,39,41-42,51H,25,27H2,1-9H3;/q-1;/t32-,37-,39+,41-,42+;/m1./s1. The van der Waals surface area contributed by atoms with Crippen LogP contribution in [0.25, 0.3) is 33.4 Å². The van der Waals surface area contributed by atoms with Crippen LogP contribution in [-0.4, -0.2) is 32.8 Å². The summed E-state index contributed by atoms with van der Waals surface area (Å²) in [6.45, 7) is 20.4. The van der Waals surface area contributed by atoms with E-state index in [0.717, 1.165) is 57.7 Å². The molecule has 278 valence electrons. The van der Waals surface area contributed by atoms with E-state index in [2.05, 4.69) is 158 Å². The maximum absolute atomic E-state index is 12.3. The Hall–Kier alpha value is -3.79. The summed E-state index contributed by atoms with van der Waals surface area (Å²) in [5.41, 5.74) is 10.4. The second-order valence-electron chi connectivity index (χ2n) is 18.4. The number of hydrogen-bond donors (Lipinski definition) is 1. The number of benzene rings is 4. The smallest absolute Gasteiger partial charge is 0.148 e. The van der Waals surface area contributed by atoms with Crippen LogP contribution < -0.4 is 0 Å². The Morgan fingerprint density at radius 1 is 0.792 bits per heavy atom. The van der Waals surface area contributed by atoms with Crippen LogP contribution in [-0.2, 0) is 37.6 Å². The number of aromatic nitrogens is 2. The van der Waals surface area contributed by atoms with Crippen molar-refractivity contribution in [2.75, 3.05) is 0 Å². The molecule has 0 amide bonds. The van der Waals surface area contributed by atoms with Crippen molar-refractivity contribution < 1.29 is 30.9 Å². The van der Waals surface area contributed by atoms with Gasteiger partial charge in [0, 0.05) is 38.7 Å². The zero-order chi connectivity index (χ0) is 36.7. The van der Waals surface area contributed by atoms with Crippen LogP contribution in [0.1, 0.15) is 103 Å². The van der Waals surface area contributed by atoms with Crippen LogP contribution in [0.15, 0.2) is 96.0 Å². The van der Waals surface area contributed by atoms with Gasteiger partial charge in [-0.05, 0) is 69.4 Å². The van der Waals surface area contributed by atoms with Crippen molar-refractivity contribution in [3.63, 3.8) is 0 Å². The molecule has 5 nitrogen and oxygen atoms in total. The summed E-state index contributed by atoms with van der Waals surface area (Å²) in [6.07, 6.45) is 3.51. The predicted octanol–water partition coefficient (Wildman–Crippen LogP) is 10.7. The molecule has 1 N–H and O–H groups in total. The molecule has 0 fully saturated rings. The van der Waals surface area contributed by atoms with Crippen molar-refractivity contribution in [3.05, 3.63) is 125 Å². The zero-order valence-electron chi connectivity index (χ0n) is 32.5. The van der Waals surface area contributed by atoms with E-state index in [1.165, 1.54) is 16.7 Å². The number of aliphatic hydroxyl groups is 1. The number of para-hydroxylation sites is 1. The molecule has 4 aromatic carbocycles. The van der Waals surface area contributed by atoms with Gasteiger partial charge in [-0.3, -0.25) is 9.56 Å². The van der Waals surface area contributed by atoms with E-state index in [9.17, 15) is 5.11 Å². The molecule has 0 spiro atoms. The van der Waals surface area contributed by atoms with Crippen molar-refractivity contribution in [3.8, 4) is 16.8 Å². The first-order chi connectivity index (χ1) is 24.6. The number of allylic oxidation sites excluding steroid dienone is 1. The monoisotopic (exact) mass is 885 g/mol. The van der Waals surface area contributed by atoms with E-state index in [1.54, 1.807) is 0 Å². The summed E-state index contributed by atoms with van der Waals surface area (Å²) in [4.78, 5) is 10.6. The molecule has 1 aliphatic heterocycles. The molecule has 1 aromatic heterocycles. The molecule has 0 bridgehead atoms. The predicted molar refractivity (Wildman–Crippen MR) is 213 cm³/mol. The third-order valence-corrected chi connectivity index (χ3v) is 11.7. The van der Waals surface area contributed by atoms with Gasteiger partial charge in [-0.2, -0.15) is 0 Å². The summed E-state index contributed by atoms with van der Waals surface area (Å²) >= 11 is 0. The number of aliphatic imine (C=N–C) groups is 1. The third kappa shape index (κ3) is 6.78. The Morgan fingerprint density at radius 3 is 2.19 bits per heavy atom. The number of aliphatic hydroxyl groups excluding tert-OH is 1. The first-order valence-corrected chi connectivity index (χ1v) is 19.0. The number of ether oxygens (including phenoxy) is 1. The molecular formula is C47H52N3O2Pt-. The molecule has 2 aliphatic carbocycles. The molecule has 5 aromatic rings. The van der Waals surface area contributed by atoms with Crippen molar-refractivity contribution in [1.82, 2.24) is 9.55 Å². The maximum atomic E-state index is 12.3. The van der Waals surface area contributed by atoms with E-state index in [4.69, 9.17) is 14.7 Å². The van der Waals surface area contributed by atoms with Gasteiger partial charge in [-0.25, -0.2) is 4.98 Å². The number of imidazole rings is 1. The fourth-order valence-electron chi connectivity index (χ4n) is 8.50. The quantitative estimate of drug-likeness (QED) is 0.183. The molecule has 0 radical (unpaired) electrons. The minimum absolute atomic E-state index is 0. The average molecular weight is 886 g/mol. The molecule has 0 unspecified atom stereocenters. The average Bonchev–Trinajstić information content (AvgIpc) is 3.78. The molecule has 6 heteroatoms. The fraction of sp³-hybridized carbons (Fsp3) is 0.404. The molecule has 5 atom stereocenters. The van der Waals surface area contributed by atoms with Gasteiger partial charge >= 0.3 is 0 Å². The molecule has 0 saturated heterocycles. The van der Waals surface area contributed by atoms with Gasteiger partial charge in [0.1, 0.15) is 23.9 Å². The molecular weight excluding hydrogens is 834 g/mol. The Morgan fingerprint density at radius 2 is 1.49 bits per heavy atom. The van der Waals surface area contributed by atoms with Crippen LogP contribution >= 0.6 is 0 Å². The van der Waals surface area contributed by atoms with Gasteiger partial charge in [-0.15, -0.1) is 29.8 Å². The van der Waals surface area contributed by atoms with Gasteiger partial charge in [0.25, 0.3) is 0 Å². The Balaban J connectivity index is 0.00000435. The van der Waals surface area contributed by atoms with Crippen molar-refractivity contribution >= 4 is 22.5 Å². The SMILES string of the molecule is CC(C)(C)c1ccc(-n2c(C3=C[C@@H](C(C)(C)C)C[C@@H](C(C)(C)C)[C@H]3O)nc3c(-c4[c-]c(C5=N[C@@H]6c7ccccc7C[C@@H]6O5)ccc4)cccc32)cc1.[Pt].